The van der Waals surface area contributed by atoms with Crippen LogP contribution < -0.4 is 0 Å². The molecule has 0 aromatic heterocycles. The lowest BCUT2D eigenvalue weighted by molar-refractivity contribution is -0.139. The zero-order chi connectivity index (χ0) is 7.28. The lowest BCUT2D eigenvalue weighted by atomic mass is 10.8. The molecular weight excluding hydrogens is 143 g/mol. The van der Waals surface area contributed by atoms with Crippen LogP contribution in [0.25, 0.3) is 0 Å². The molecule has 0 heterocycles. The predicted molar refractivity (Wildman–Crippen MR) is 33.5 cm³/mol. The Morgan fingerprint density at radius 1 is 1.78 bits per heavy atom. The normalized spacial score (nSPS) is 13.1. The van der Waals surface area contributed by atoms with E-state index in [1.54, 1.807) is 6.66 Å². The molecule has 4 nitrogen and oxygen atoms in total. The van der Waals surface area contributed by atoms with E-state index in [-0.39, 0.29) is 13.0 Å². The summed E-state index contributed by atoms with van der Waals surface area (Å²) >= 11 is 0. The van der Waals surface area contributed by atoms with Gasteiger partial charge < -0.3 is 14.7 Å². The maximum Gasteiger partial charge on any atom is 0.330 e. The van der Waals surface area contributed by atoms with Crippen LogP contribution in [0.4, 0.5) is 0 Å². The highest BCUT2D eigenvalue weighted by Crippen LogP contribution is 2.28. The molecule has 0 fully saturated rings. The van der Waals surface area contributed by atoms with E-state index in [0.29, 0.717) is 0 Å². The van der Waals surface area contributed by atoms with Crippen molar-refractivity contribution in [2.75, 3.05) is 19.6 Å². The minimum Gasteiger partial charge on any atom is -0.480 e. The van der Waals surface area contributed by atoms with Gasteiger partial charge in [0.15, 0.2) is 0 Å². The van der Waals surface area contributed by atoms with Crippen LogP contribution in [-0.4, -0.2) is 35.8 Å². The van der Waals surface area contributed by atoms with Crippen molar-refractivity contribution in [2.24, 2.45) is 0 Å². The number of carbonyl (C=O) groups is 1. The molecule has 0 radical (unpaired) electrons. The third kappa shape index (κ3) is 5.69. The van der Waals surface area contributed by atoms with Gasteiger partial charge in [-0.05, 0) is 6.66 Å². The lowest BCUT2D eigenvalue weighted by Crippen LogP contribution is -2.04. The Kier molecular flexibility index (Phi) is 4.58. The largest absolute Gasteiger partial charge is 0.480 e. The zero-order valence-corrected chi connectivity index (χ0v) is 5.97. The summed E-state index contributed by atoms with van der Waals surface area (Å²) in [5.41, 5.74) is 0. The van der Waals surface area contributed by atoms with E-state index in [1.165, 1.54) is 0 Å². The molecule has 0 aliphatic heterocycles. The van der Waals surface area contributed by atoms with E-state index in [2.05, 4.69) is 4.52 Å². The first-order valence-corrected chi connectivity index (χ1v) is 4.22. The van der Waals surface area contributed by atoms with Gasteiger partial charge in [0.05, 0.1) is 14.5 Å². The monoisotopic (exact) mass is 152 g/mol. The van der Waals surface area contributed by atoms with Gasteiger partial charge >= 0.3 is 5.97 Å². The summed E-state index contributed by atoms with van der Waals surface area (Å²) in [5, 5.41) is 16.4. The fourth-order valence-corrected chi connectivity index (χ4v) is 0.619. The molecule has 0 spiro atoms. The van der Waals surface area contributed by atoms with Crippen molar-refractivity contribution in [3.8, 4) is 0 Å². The average Bonchev–Trinajstić information content (AvgIpc) is 1.83. The fourth-order valence-electron chi connectivity index (χ4n) is 0.206. The summed E-state index contributed by atoms with van der Waals surface area (Å²) in [7, 11) is -0.936. The Morgan fingerprint density at radius 2 is 2.33 bits per heavy atom. The number of carboxylic acids is 1. The molecule has 1 unspecified atom stereocenters. The Balaban J connectivity index is 3.16. The Bertz CT molecular complexity index is 94.6. The third-order valence-electron chi connectivity index (χ3n) is 0.608. The fraction of sp³-hybridized carbons (Fsp3) is 0.750. The van der Waals surface area contributed by atoms with Gasteiger partial charge in [-0.3, -0.25) is 0 Å². The van der Waals surface area contributed by atoms with Crippen molar-refractivity contribution in [2.45, 2.75) is 0 Å². The summed E-state index contributed by atoms with van der Waals surface area (Å²) in [6, 6.07) is 0. The molecule has 2 N–H and O–H groups in total. The van der Waals surface area contributed by atoms with Crippen molar-refractivity contribution < 1.29 is 19.5 Å². The number of rotatable bonds is 4. The molecule has 5 heteroatoms. The topological polar surface area (TPSA) is 66.8 Å². The molecular formula is C4H9O4P. The highest BCUT2D eigenvalue weighted by atomic mass is 31.1. The van der Waals surface area contributed by atoms with Crippen LogP contribution in [0.3, 0.4) is 0 Å². The number of hydrogen-bond donors (Lipinski definition) is 2. The number of aliphatic carboxylic acids is 1. The Hall–Kier alpha value is -0.180. The van der Waals surface area contributed by atoms with Gasteiger partial charge in [0, 0.05) is 0 Å². The van der Waals surface area contributed by atoms with Gasteiger partial charge in [0.2, 0.25) is 0 Å². The molecule has 0 saturated carbocycles. The molecule has 0 bridgehead atoms. The van der Waals surface area contributed by atoms with Gasteiger partial charge in [-0.15, -0.1) is 0 Å². The van der Waals surface area contributed by atoms with Crippen molar-refractivity contribution in [1.29, 1.82) is 0 Å². The second-order valence-corrected chi connectivity index (χ2v) is 3.23. The molecule has 9 heavy (non-hydrogen) atoms. The molecule has 0 saturated heterocycles. The minimum absolute atomic E-state index is 0.0807. The van der Waals surface area contributed by atoms with Crippen LogP contribution in [0.15, 0.2) is 0 Å². The van der Waals surface area contributed by atoms with Crippen molar-refractivity contribution >= 4 is 14.1 Å². The molecule has 0 rings (SSSR count). The van der Waals surface area contributed by atoms with E-state index in [4.69, 9.17) is 10.2 Å². The predicted octanol–water partition coefficient (Wildman–Crippen LogP) is 0.0641. The van der Waals surface area contributed by atoms with E-state index in [9.17, 15) is 4.79 Å². The van der Waals surface area contributed by atoms with E-state index in [1.807, 2.05) is 0 Å². The quantitative estimate of drug-likeness (QED) is 0.559. The summed E-state index contributed by atoms with van der Waals surface area (Å²) < 4.78 is 4.67. The van der Waals surface area contributed by atoms with Crippen molar-refractivity contribution in [1.82, 2.24) is 0 Å². The van der Waals surface area contributed by atoms with Crippen LogP contribution in [0.5, 0.6) is 0 Å². The second-order valence-electron chi connectivity index (χ2n) is 1.44. The third-order valence-corrected chi connectivity index (χ3v) is 1.58. The molecule has 1 atom stereocenters. The molecule has 0 aromatic rings. The SMILES string of the molecule is CP(CO)OCC(=O)O. The van der Waals surface area contributed by atoms with Gasteiger partial charge in [-0.25, -0.2) is 4.79 Å². The summed E-state index contributed by atoms with van der Waals surface area (Å²) in [6.45, 7) is 1.35. The van der Waals surface area contributed by atoms with E-state index >= 15 is 0 Å². The molecule has 0 amide bonds. The number of carboxylic acid groups (broad SMARTS) is 1. The maximum atomic E-state index is 9.82. The van der Waals surface area contributed by atoms with Crippen LogP contribution in [0.1, 0.15) is 0 Å². The molecule has 54 valence electrons. The van der Waals surface area contributed by atoms with E-state index in [0.717, 1.165) is 0 Å². The number of hydrogen-bond acceptors (Lipinski definition) is 3. The first-order valence-electron chi connectivity index (χ1n) is 2.33. The van der Waals surface area contributed by atoms with Crippen LogP contribution in [-0.2, 0) is 9.32 Å². The summed E-state index contributed by atoms with van der Waals surface area (Å²) in [6.07, 6.45) is -0.0807. The van der Waals surface area contributed by atoms with Crippen LogP contribution >= 0.6 is 8.15 Å². The highest BCUT2D eigenvalue weighted by Gasteiger charge is 2.01. The first kappa shape index (κ1) is 8.82. The molecule has 0 aliphatic carbocycles. The summed E-state index contributed by atoms with van der Waals surface area (Å²) in [4.78, 5) is 9.82. The van der Waals surface area contributed by atoms with E-state index < -0.39 is 14.1 Å². The van der Waals surface area contributed by atoms with Crippen LogP contribution in [0.2, 0.25) is 0 Å². The van der Waals surface area contributed by atoms with Gasteiger partial charge in [0.1, 0.15) is 6.61 Å². The highest BCUT2D eigenvalue weighted by molar-refractivity contribution is 7.51. The van der Waals surface area contributed by atoms with Crippen LogP contribution in [0, 0.1) is 0 Å². The van der Waals surface area contributed by atoms with Crippen molar-refractivity contribution in [3.05, 3.63) is 0 Å². The lowest BCUT2D eigenvalue weighted by Gasteiger charge is -2.05. The smallest absolute Gasteiger partial charge is 0.330 e. The van der Waals surface area contributed by atoms with Gasteiger partial charge in [-0.2, -0.15) is 0 Å². The number of aliphatic hydroxyl groups is 1. The average molecular weight is 152 g/mol. The summed E-state index contributed by atoms with van der Waals surface area (Å²) in [5.74, 6) is -1.00. The maximum absolute atomic E-state index is 9.82. The first-order chi connectivity index (χ1) is 4.16. The van der Waals surface area contributed by atoms with Crippen molar-refractivity contribution in [3.63, 3.8) is 0 Å². The standard InChI is InChI=1S/C4H9O4P/c1-9(3-5)8-2-4(6)7/h5H,2-3H2,1H3,(H,6,7). The minimum atomic E-state index is -1.00. The molecule has 0 aromatic carbocycles. The second kappa shape index (κ2) is 4.68. The zero-order valence-electron chi connectivity index (χ0n) is 5.07. The number of aliphatic hydroxyl groups excluding tert-OH is 1. The van der Waals surface area contributed by atoms with Gasteiger partial charge in [-0.1, -0.05) is 0 Å². The molecule has 0 aliphatic rings. The van der Waals surface area contributed by atoms with Gasteiger partial charge in [0.25, 0.3) is 0 Å². The Morgan fingerprint density at radius 3 is 2.67 bits per heavy atom. The Labute approximate surface area is 54.3 Å².